The molecule has 0 atom stereocenters. The summed E-state index contributed by atoms with van der Waals surface area (Å²) in [7, 11) is 0. The lowest BCUT2D eigenvalue weighted by Crippen LogP contribution is -1.94. The Bertz CT molecular complexity index is 845. The van der Waals surface area contributed by atoms with Crippen LogP contribution in [-0.2, 0) is 0 Å². The van der Waals surface area contributed by atoms with E-state index in [0.717, 1.165) is 20.3 Å². The fourth-order valence-electron chi connectivity index (χ4n) is 2.02. The first-order valence-electron chi connectivity index (χ1n) is 6.24. The van der Waals surface area contributed by atoms with Gasteiger partial charge in [-0.25, -0.2) is 4.98 Å². The van der Waals surface area contributed by atoms with Crippen LogP contribution in [0.2, 0.25) is 0 Å². The molecule has 0 saturated carbocycles. The van der Waals surface area contributed by atoms with Crippen LogP contribution in [0.4, 0.5) is 0 Å². The molecule has 21 heavy (non-hydrogen) atoms. The molecule has 0 aliphatic rings. The SMILES string of the molecule is CC(=O)c1sc(C)nc1Oc1ccc(Br)c2ccncc12. The van der Waals surface area contributed by atoms with Gasteiger partial charge in [-0.1, -0.05) is 15.9 Å². The number of ether oxygens (including phenoxy) is 1. The molecule has 6 heteroatoms. The number of fused-ring (bicyclic) bond motifs is 1. The number of halogens is 1. The summed E-state index contributed by atoms with van der Waals surface area (Å²) in [5, 5.41) is 2.67. The zero-order valence-corrected chi connectivity index (χ0v) is 13.8. The summed E-state index contributed by atoms with van der Waals surface area (Å²) >= 11 is 4.85. The van der Waals surface area contributed by atoms with Crippen LogP contribution in [0.1, 0.15) is 21.6 Å². The van der Waals surface area contributed by atoms with E-state index in [-0.39, 0.29) is 5.78 Å². The third-order valence-corrected chi connectivity index (χ3v) is 4.70. The first-order valence-corrected chi connectivity index (χ1v) is 7.85. The third kappa shape index (κ3) is 2.69. The summed E-state index contributed by atoms with van der Waals surface area (Å²) in [6, 6.07) is 5.65. The van der Waals surface area contributed by atoms with Gasteiger partial charge in [0.1, 0.15) is 10.6 Å². The Labute approximate surface area is 133 Å². The minimum Gasteiger partial charge on any atom is -0.437 e. The standard InChI is InChI=1S/C15H11BrN2O2S/c1-8(19)14-15(18-9(2)21-14)20-13-4-3-12(16)10-5-6-17-7-11(10)13/h3-7H,1-2H3. The maximum absolute atomic E-state index is 11.7. The number of thiazole rings is 1. The predicted octanol–water partition coefficient (Wildman–Crippen LogP) is 4.76. The number of aromatic nitrogens is 2. The molecule has 106 valence electrons. The number of Topliss-reactive ketones (excluding diaryl/α,β-unsaturated/α-hetero) is 1. The molecule has 0 spiro atoms. The van der Waals surface area contributed by atoms with Gasteiger partial charge in [0.25, 0.3) is 0 Å². The van der Waals surface area contributed by atoms with Crippen LogP contribution in [0.5, 0.6) is 11.6 Å². The van der Waals surface area contributed by atoms with Crippen molar-refractivity contribution in [1.29, 1.82) is 0 Å². The quantitative estimate of drug-likeness (QED) is 0.630. The van der Waals surface area contributed by atoms with Gasteiger partial charge in [0.05, 0.1) is 5.01 Å². The van der Waals surface area contributed by atoms with Crippen LogP contribution < -0.4 is 4.74 Å². The van der Waals surface area contributed by atoms with Crippen molar-refractivity contribution in [2.45, 2.75) is 13.8 Å². The molecule has 0 aliphatic heterocycles. The Balaban J connectivity index is 2.11. The molecule has 0 saturated heterocycles. The molecule has 0 aliphatic carbocycles. The van der Waals surface area contributed by atoms with Crippen molar-refractivity contribution in [3.8, 4) is 11.6 Å². The molecular formula is C15H11BrN2O2S. The molecule has 0 amide bonds. The van der Waals surface area contributed by atoms with E-state index in [9.17, 15) is 4.79 Å². The summed E-state index contributed by atoms with van der Waals surface area (Å²) in [6.07, 6.45) is 3.47. The summed E-state index contributed by atoms with van der Waals surface area (Å²) in [5.74, 6) is 0.946. The second-order valence-electron chi connectivity index (χ2n) is 4.49. The molecule has 0 fully saturated rings. The molecule has 0 unspecified atom stereocenters. The Morgan fingerprint density at radius 1 is 1.29 bits per heavy atom. The van der Waals surface area contributed by atoms with Crippen molar-refractivity contribution >= 4 is 43.8 Å². The molecule has 0 bridgehead atoms. The molecular weight excluding hydrogens is 352 g/mol. The lowest BCUT2D eigenvalue weighted by molar-refractivity contribution is 0.101. The van der Waals surface area contributed by atoms with Crippen molar-refractivity contribution in [1.82, 2.24) is 9.97 Å². The summed E-state index contributed by atoms with van der Waals surface area (Å²) in [6.45, 7) is 3.37. The molecule has 2 aromatic heterocycles. The van der Waals surface area contributed by atoms with E-state index in [2.05, 4.69) is 25.9 Å². The largest absolute Gasteiger partial charge is 0.437 e. The Morgan fingerprint density at radius 3 is 2.86 bits per heavy atom. The summed E-state index contributed by atoms with van der Waals surface area (Å²) in [5.41, 5.74) is 0. The van der Waals surface area contributed by atoms with E-state index >= 15 is 0 Å². The molecule has 0 radical (unpaired) electrons. The molecule has 3 rings (SSSR count). The van der Waals surface area contributed by atoms with E-state index in [4.69, 9.17) is 4.74 Å². The maximum Gasteiger partial charge on any atom is 0.241 e. The number of ketones is 1. The smallest absolute Gasteiger partial charge is 0.241 e. The third-order valence-electron chi connectivity index (χ3n) is 2.95. The molecule has 3 aromatic rings. The molecule has 1 aromatic carbocycles. The van der Waals surface area contributed by atoms with E-state index in [1.165, 1.54) is 18.3 Å². The second kappa shape index (κ2) is 5.54. The van der Waals surface area contributed by atoms with Gasteiger partial charge >= 0.3 is 0 Å². The van der Waals surface area contributed by atoms with Gasteiger partial charge in [0, 0.05) is 34.6 Å². The fourth-order valence-corrected chi connectivity index (χ4v) is 3.24. The monoisotopic (exact) mass is 362 g/mol. The van der Waals surface area contributed by atoms with Crippen molar-refractivity contribution in [2.24, 2.45) is 0 Å². The van der Waals surface area contributed by atoms with Gasteiger partial charge in [-0.15, -0.1) is 11.3 Å². The van der Waals surface area contributed by atoms with Gasteiger partial charge in [0.15, 0.2) is 5.78 Å². The maximum atomic E-state index is 11.7. The lowest BCUT2D eigenvalue weighted by atomic mass is 10.1. The molecule has 0 N–H and O–H groups in total. The zero-order chi connectivity index (χ0) is 15.0. The van der Waals surface area contributed by atoms with Gasteiger partial charge in [0.2, 0.25) is 5.88 Å². The van der Waals surface area contributed by atoms with Crippen LogP contribution in [0, 0.1) is 6.92 Å². The first-order chi connectivity index (χ1) is 10.1. The highest BCUT2D eigenvalue weighted by Gasteiger charge is 2.16. The van der Waals surface area contributed by atoms with Crippen molar-refractivity contribution in [3.63, 3.8) is 0 Å². The van der Waals surface area contributed by atoms with E-state index < -0.39 is 0 Å². The van der Waals surface area contributed by atoms with E-state index in [1.54, 1.807) is 12.4 Å². The van der Waals surface area contributed by atoms with Gasteiger partial charge in [-0.3, -0.25) is 9.78 Å². The zero-order valence-electron chi connectivity index (χ0n) is 11.4. The fraction of sp³-hybridized carbons (Fsp3) is 0.133. The summed E-state index contributed by atoms with van der Waals surface area (Å²) in [4.78, 5) is 20.6. The number of carbonyl (C=O) groups is 1. The van der Waals surface area contributed by atoms with E-state index in [0.29, 0.717) is 16.5 Å². The van der Waals surface area contributed by atoms with Crippen LogP contribution in [0.25, 0.3) is 10.8 Å². The van der Waals surface area contributed by atoms with Crippen LogP contribution in [-0.4, -0.2) is 15.8 Å². The Kier molecular flexibility index (Phi) is 3.73. The number of pyridine rings is 1. The topological polar surface area (TPSA) is 52.1 Å². The highest BCUT2D eigenvalue weighted by molar-refractivity contribution is 9.10. The Morgan fingerprint density at radius 2 is 2.10 bits per heavy atom. The second-order valence-corrected chi connectivity index (χ2v) is 6.55. The van der Waals surface area contributed by atoms with Crippen LogP contribution in [0.15, 0.2) is 35.1 Å². The number of hydrogen-bond donors (Lipinski definition) is 0. The lowest BCUT2D eigenvalue weighted by Gasteiger charge is -2.08. The molecule has 2 heterocycles. The minimum atomic E-state index is -0.0462. The molecule has 4 nitrogen and oxygen atoms in total. The number of nitrogens with zero attached hydrogens (tertiary/aromatic N) is 2. The number of benzene rings is 1. The number of carbonyl (C=O) groups excluding carboxylic acids is 1. The first kappa shape index (κ1) is 14.2. The van der Waals surface area contributed by atoms with Gasteiger partial charge in [-0.05, 0) is 25.1 Å². The van der Waals surface area contributed by atoms with Gasteiger partial charge in [-0.2, -0.15) is 0 Å². The minimum absolute atomic E-state index is 0.0462. The van der Waals surface area contributed by atoms with E-state index in [1.807, 2.05) is 25.1 Å². The summed E-state index contributed by atoms with van der Waals surface area (Å²) < 4.78 is 6.84. The highest BCUT2D eigenvalue weighted by Crippen LogP contribution is 2.36. The van der Waals surface area contributed by atoms with Gasteiger partial charge < -0.3 is 4.74 Å². The van der Waals surface area contributed by atoms with Crippen LogP contribution in [0.3, 0.4) is 0 Å². The number of rotatable bonds is 3. The normalized spacial score (nSPS) is 10.8. The van der Waals surface area contributed by atoms with Crippen molar-refractivity contribution in [3.05, 3.63) is 45.0 Å². The Hall–Kier alpha value is -1.79. The average Bonchev–Trinajstić information content (AvgIpc) is 2.83. The predicted molar refractivity (Wildman–Crippen MR) is 86.4 cm³/mol. The number of aryl methyl sites for hydroxylation is 1. The van der Waals surface area contributed by atoms with Crippen molar-refractivity contribution in [2.75, 3.05) is 0 Å². The van der Waals surface area contributed by atoms with Crippen LogP contribution >= 0.6 is 27.3 Å². The average molecular weight is 363 g/mol. The highest BCUT2D eigenvalue weighted by atomic mass is 79.9. The number of hydrogen-bond acceptors (Lipinski definition) is 5. The van der Waals surface area contributed by atoms with Crippen molar-refractivity contribution < 1.29 is 9.53 Å².